The average molecular weight is 571 g/mol. The van der Waals surface area contributed by atoms with E-state index in [0.717, 1.165) is 11.3 Å². The molecule has 13 heteroatoms. The fraction of sp³-hybridized carbons (Fsp3) is 0.400. The van der Waals surface area contributed by atoms with Crippen molar-refractivity contribution in [2.75, 3.05) is 31.7 Å². The number of halogens is 4. The van der Waals surface area contributed by atoms with E-state index in [-0.39, 0.29) is 23.3 Å². The summed E-state index contributed by atoms with van der Waals surface area (Å²) in [6.45, 7) is 3.45. The Morgan fingerprint density at radius 3 is 2.45 bits per heavy atom. The Morgan fingerprint density at radius 2 is 1.82 bits per heavy atom. The van der Waals surface area contributed by atoms with Crippen LogP contribution in [0.5, 0.6) is 11.5 Å². The molecule has 2 heterocycles. The molecule has 0 saturated carbocycles. The van der Waals surface area contributed by atoms with Crippen LogP contribution in [0, 0.1) is 0 Å². The number of benzene rings is 2. The van der Waals surface area contributed by atoms with E-state index in [0.29, 0.717) is 48.2 Å². The molecular formula is C25H26ClF3N4O4S. The topological polar surface area (TPSA) is 78.7 Å². The molecule has 1 saturated heterocycles. The van der Waals surface area contributed by atoms with Gasteiger partial charge in [-0.05, 0) is 49.6 Å². The number of nitrogens with zero attached hydrogens (tertiary/aromatic N) is 4. The SMILES string of the molecule is CCOC(=O)c1nnn(Cc2ccc(OC)cc2)c1SC1CCN(c2cc(OC(F)(F)F)ccc2Cl)CC1. The van der Waals surface area contributed by atoms with Crippen LogP contribution in [-0.2, 0) is 11.3 Å². The molecular weight excluding hydrogens is 545 g/mol. The molecule has 0 aliphatic carbocycles. The molecule has 0 unspecified atom stereocenters. The summed E-state index contributed by atoms with van der Waals surface area (Å²) in [5, 5.41) is 9.38. The van der Waals surface area contributed by atoms with Gasteiger partial charge in [-0.2, -0.15) is 0 Å². The highest BCUT2D eigenvalue weighted by molar-refractivity contribution is 8.00. The number of esters is 1. The maximum atomic E-state index is 12.7. The van der Waals surface area contributed by atoms with Crippen molar-refractivity contribution in [1.29, 1.82) is 0 Å². The number of alkyl halides is 3. The van der Waals surface area contributed by atoms with E-state index in [9.17, 15) is 18.0 Å². The van der Waals surface area contributed by atoms with Crippen LogP contribution in [0.4, 0.5) is 18.9 Å². The smallest absolute Gasteiger partial charge is 0.497 e. The predicted molar refractivity (Wildman–Crippen MR) is 137 cm³/mol. The summed E-state index contributed by atoms with van der Waals surface area (Å²) >= 11 is 7.79. The number of rotatable bonds is 9. The normalized spacial score (nSPS) is 14.4. The monoisotopic (exact) mass is 570 g/mol. The summed E-state index contributed by atoms with van der Waals surface area (Å²) in [5.41, 5.74) is 1.60. The Labute approximate surface area is 227 Å². The van der Waals surface area contributed by atoms with Gasteiger partial charge < -0.3 is 19.1 Å². The number of piperidine rings is 1. The number of methoxy groups -OCH3 is 1. The molecule has 2 aromatic carbocycles. The van der Waals surface area contributed by atoms with Crippen LogP contribution in [-0.4, -0.2) is 59.4 Å². The second-order valence-electron chi connectivity index (χ2n) is 8.43. The highest BCUT2D eigenvalue weighted by atomic mass is 35.5. The standard InChI is InChI=1S/C25H26ClF3N4O4S/c1-3-36-24(34)22-23(33(31-30-22)15-16-4-6-17(35-2)7-5-16)38-19-10-12-32(13-11-19)21-14-18(8-9-20(21)26)37-25(27,28)29/h4-9,14,19H,3,10-13,15H2,1-2H3. The fourth-order valence-electron chi connectivity index (χ4n) is 4.06. The van der Waals surface area contributed by atoms with Gasteiger partial charge in [-0.3, -0.25) is 0 Å². The molecule has 1 fully saturated rings. The quantitative estimate of drug-likeness (QED) is 0.298. The average Bonchev–Trinajstić information content (AvgIpc) is 3.27. The Morgan fingerprint density at radius 1 is 1.13 bits per heavy atom. The molecule has 4 rings (SSSR count). The first-order valence-electron chi connectivity index (χ1n) is 11.9. The van der Waals surface area contributed by atoms with Gasteiger partial charge >= 0.3 is 12.3 Å². The van der Waals surface area contributed by atoms with Crippen LogP contribution in [0.3, 0.4) is 0 Å². The number of hydrogen-bond acceptors (Lipinski definition) is 8. The summed E-state index contributed by atoms with van der Waals surface area (Å²) in [6.07, 6.45) is -3.39. The van der Waals surface area contributed by atoms with Crippen LogP contribution >= 0.6 is 23.4 Å². The van der Waals surface area contributed by atoms with Gasteiger partial charge in [0.15, 0.2) is 0 Å². The molecule has 1 aliphatic rings. The van der Waals surface area contributed by atoms with Crippen molar-refractivity contribution in [3.8, 4) is 11.5 Å². The van der Waals surface area contributed by atoms with Crippen molar-refractivity contribution >= 4 is 35.0 Å². The van der Waals surface area contributed by atoms with E-state index < -0.39 is 12.3 Å². The Hall–Kier alpha value is -3.12. The third kappa shape index (κ3) is 7.04. The lowest BCUT2D eigenvalue weighted by atomic mass is 10.1. The van der Waals surface area contributed by atoms with Crippen LogP contribution < -0.4 is 14.4 Å². The molecule has 0 spiro atoms. The van der Waals surface area contributed by atoms with Crippen molar-refractivity contribution < 1.29 is 32.2 Å². The molecule has 1 aromatic heterocycles. The van der Waals surface area contributed by atoms with Crippen LogP contribution in [0.2, 0.25) is 5.02 Å². The molecule has 1 aliphatic heterocycles. The minimum atomic E-state index is -4.78. The minimum Gasteiger partial charge on any atom is -0.497 e. The van der Waals surface area contributed by atoms with Gasteiger partial charge in [-0.1, -0.05) is 28.9 Å². The molecule has 0 amide bonds. The summed E-state index contributed by atoms with van der Waals surface area (Å²) in [4.78, 5) is 14.5. The zero-order chi connectivity index (χ0) is 27.3. The number of ether oxygens (including phenoxy) is 3. The molecule has 3 aromatic rings. The Bertz CT molecular complexity index is 1250. The number of hydrogen-bond donors (Lipinski definition) is 0. The summed E-state index contributed by atoms with van der Waals surface area (Å²) in [5.74, 6) is -0.126. The maximum absolute atomic E-state index is 12.7. The third-order valence-corrected chi connectivity index (χ3v) is 7.61. The molecule has 0 bridgehead atoms. The van der Waals surface area contributed by atoms with Gasteiger partial charge in [0.25, 0.3) is 0 Å². The largest absolute Gasteiger partial charge is 0.573 e. The van der Waals surface area contributed by atoms with Crippen LogP contribution in [0.15, 0.2) is 47.5 Å². The van der Waals surface area contributed by atoms with Crippen molar-refractivity contribution in [1.82, 2.24) is 15.0 Å². The van der Waals surface area contributed by atoms with E-state index in [1.165, 1.54) is 30.0 Å². The first-order valence-corrected chi connectivity index (χ1v) is 13.1. The first kappa shape index (κ1) is 27.9. The van der Waals surface area contributed by atoms with E-state index in [1.807, 2.05) is 29.2 Å². The zero-order valence-electron chi connectivity index (χ0n) is 20.7. The van der Waals surface area contributed by atoms with Crippen molar-refractivity contribution in [3.05, 3.63) is 58.7 Å². The van der Waals surface area contributed by atoms with Crippen LogP contribution in [0.1, 0.15) is 35.8 Å². The highest BCUT2D eigenvalue weighted by Crippen LogP contribution is 2.37. The number of carbonyl (C=O) groups is 1. The van der Waals surface area contributed by atoms with Gasteiger partial charge in [-0.25, -0.2) is 9.48 Å². The number of carbonyl (C=O) groups excluding carboxylic acids is 1. The van der Waals surface area contributed by atoms with Crippen molar-refractivity contribution in [2.45, 2.75) is 42.9 Å². The van der Waals surface area contributed by atoms with Gasteiger partial charge in [0.05, 0.1) is 31.0 Å². The molecule has 8 nitrogen and oxygen atoms in total. The first-order chi connectivity index (χ1) is 18.2. The van der Waals surface area contributed by atoms with E-state index >= 15 is 0 Å². The number of aromatic nitrogens is 3. The second kappa shape index (κ2) is 12.2. The summed E-state index contributed by atoms with van der Waals surface area (Å²) < 4.78 is 54.1. The molecule has 0 N–H and O–H groups in total. The number of thioether (sulfide) groups is 1. The molecule has 38 heavy (non-hydrogen) atoms. The second-order valence-corrected chi connectivity index (χ2v) is 10.1. The maximum Gasteiger partial charge on any atom is 0.573 e. The predicted octanol–water partition coefficient (Wildman–Crippen LogP) is 5.82. The lowest BCUT2D eigenvalue weighted by Gasteiger charge is -2.34. The third-order valence-electron chi connectivity index (χ3n) is 5.86. The minimum absolute atomic E-state index is 0.112. The van der Waals surface area contributed by atoms with Gasteiger partial charge in [0.2, 0.25) is 5.69 Å². The van der Waals surface area contributed by atoms with Crippen LogP contribution in [0.25, 0.3) is 0 Å². The van der Waals surface area contributed by atoms with Gasteiger partial charge in [0.1, 0.15) is 16.5 Å². The zero-order valence-corrected chi connectivity index (χ0v) is 22.3. The fourth-order valence-corrected chi connectivity index (χ4v) is 5.52. The van der Waals surface area contributed by atoms with Crippen molar-refractivity contribution in [2.24, 2.45) is 0 Å². The van der Waals surface area contributed by atoms with Crippen molar-refractivity contribution in [3.63, 3.8) is 0 Å². The molecule has 0 radical (unpaired) electrons. The number of anilines is 1. The van der Waals surface area contributed by atoms with Gasteiger partial charge in [-0.15, -0.1) is 30.0 Å². The Balaban J connectivity index is 1.48. The molecule has 0 atom stereocenters. The summed E-state index contributed by atoms with van der Waals surface area (Å²) in [6, 6.07) is 11.4. The highest BCUT2D eigenvalue weighted by Gasteiger charge is 2.32. The van der Waals surface area contributed by atoms with Gasteiger partial charge in [0, 0.05) is 24.4 Å². The molecule has 204 valence electrons. The van der Waals surface area contributed by atoms with E-state index in [2.05, 4.69) is 15.0 Å². The Kier molecular flexibility index (Phi) is 8.93. The summed E-state index contributed by atoms with van der Waals surface area (Å²) in [7, 11) is 1.60. The lowest BCUT2D eigenvalue weighted by Crippen LogP contribution is -2.35. The van der Waals surface area contributed by atoms with E-state index in [1.54, 1.807) is 18.7 Å². The van der Waals surface area contributed by atoms with E-state index in [4.69, 9.17) is 21.1 Å². The lowest BCUT2D eigenvalue weighted by molar-refractivity contribution is -0.274.